The predicted octanol–water partition coefficient (Wildman–Crippen LogP) is 4.95. The Morgan fingerprint density at radius 3 is 2.18 bits per heavy atom. The highest BCUT2D eigenvalue weighted by Gasteiger charge is 2.35. The quantitative estimate of drug-likeness (QED) is 0.594. The summed E-state index contributed by atoms with van der Waals surface area (Å²) in [5.74, 6) is 1.21. The monoisotopic (exact) mass is 240 g/mol. The third-order valence-corrected chi connectivity index (χ3v) is 3.54. The van der Waals surface area contributed by atoms with Crippen molar-refractivity contribution in [3.8, 4) is 0 Å². The summed E-state index contributed by atoms with van der Waals surface area (Å²) < 4.78 is 0. The largest absolute Gasteiger partial charge is 0.392 e. The van der Waals surface area contributed by atoms with Crippen LogP contribution < -0.4 is 0 Å². The Balaban J connectivity index is 0.000000450. The van der Waals surface area contributed by atoms with Gasteiger partial charge in [0.2, 0.25) is 0 Å². The maximum Gasteiger partial charge on any atom is 0.0608 e. The van der Waals surface area contributed by atoms with E-state index in [0.29, 0.717) is 5.92 Å². The molecule has 0 aromatic heterocycles. The Morgan fingerprint density at radius 2 is 1.65 bits per heavy atom. The minimum absolute atomic E-state index is 0.0726. The normalized spacial score (nSPS) is 31.4. The summed E-state index contributed by atoms with van der Waals surface area (Å²) in [5.41, 5.74) is 1.32. The topological polar surface area (TPSA) is 20.2 Å². The van der Waals surface area contributed by atoms with Gasteiger partial charge in [-0.05, 0) is 38.0 Å². The van der Waals surface area contributed by atoms with Crippen LogP contribution in [0.4, 0.5) is 0 Å². The molecule has 0 bridgehead atoms. The summed E-state index contributed by atoms with van der Waals surface area (Å²) in [7, 11) is 0. The average Bonchev–Trinajstić information content (AvgIpc) is 2.33. The zero-order valence-corrected chi connectivity index (χ0v) is 12.3. The first kappa shape index (κ1) is 16.7. The Kier molecular flexibility index (Phi) is 9.53. The van der Waals surface area contributed by atoms with Crippen LogP contribution in [0, 0.1) is 11.8 Å². The molecule has 0 amide bonds. The highest BCUT2D eigenvalue weighted by atomic mass is 16.3. The lowest BCUT2D eigenvalue weighted by Crippen LogP contribution is -2.35. The molecule has 2 saturated carbocycles. The zero-order chi connectivity index (χ0) is 13.3. The van der Waals surface area contributed by atoms with Crippen molar-refractivity contribution in [3.63, 3.8) is 0 Å². The van der Waals surface area contributed by atoms with Gasteiger partial charge in [-0.25, -0.2) is 0 Å². The molecule has 0 heterocycles. The second kappa shape index (κ2) is 9.70. The molecule has 3 atom stereocenters. The van der Waals surface area contributed by atoms with Crippen LogP contribution in [0.3, 0.4) is 0 Å². The Hall–Kier alpha value is -0.300. The highest BCUT2D eigenvalue weighted by Crippen LogP contribution is 2.42. The first-order valence-corrected chi connectivity index (χ1v) is 7.56. The SMILES string of the molecule is C=C1CCCC2CCCC(O)C12.CC.CCC. The van der Waals surface area contributed by atoms with Crippen molar-refractivity contribution in [2.75, 3.05) is 0 Å². The first-order valence-electron chi connectivity index (χ1n) is 7.56. The molecule has 0 spiro atoms. The van der Waals surface area contributed by atoms with Crippen LogP contribution in [0.15, 0.2) is 12.2 Å². The maximum atomic E-state index is 9.81. The van der Waals surface area contributed by atoms with Crippen molar-refractivity contribution in [1.29, 1.82) is 0 Å². The van der Waals surface area contributed by atoms with E-state index in [0.717, 1.165) is 18.8 Å². The molecule has 0 aromatic rings. The molecule has 0 aromatic carbocycles. The van der Waals surface area contributed by atoms with Gasteiger partial charge in [0, 0.05) is 5.92 Å². The van der Waals surface area contributed by atoms with E-state index in [1.54, 1.807) is 0 Å². The molecular formula is C16H32O. The lowest BCUT2D eigenvalue weighted by molar-refractivity contribution is 0.0383. The van der Waals surface area contributed by atoms with Gasteiger partial charge in [-0.2, -0.15) is 0 Å². The van der Waals surface area contributed by atoms with Crippen LogP contribution in [0.1, 0.15) is 72.6 Å². The fourth-order valence-corrected chi connectivity index (χ4v) is 2.95. The molecule has 2 aliphatic carbocycles. The Morgan fingerprint density at radius 1 is 1.12 bits per heavy atom. The van der Waals surface area contributed by atoms with Crippen molar-refractivity contribution >= 4 is 0 Å². The molecule has 1 heteroatoms. The molecule has 0 aliphatic heterocycles. The molecule has 1 nitrogen and oxygen atoms in total. The van der Waals surface area contributed by atoms with E-state index in [9.17, 15) is 5.11 Å². The molecule has 3 unspecified atom stereocenters. The first-order chi connectivity index (χ1) is 8.20. The third kappa shape index (κ3) is 5.25. The summed E-state index contributed by atoms with van der Waals surface area (Å²) in [5, 5.41) is 9.81. The van der Waals surface area contributed by atoms with E-state index < -0.39 is 0 Å². The van der Waals surface area contributed by atoms with Gasteiger partial charge in [-0.1, -0.05) is 52.7 Å². The second-order valence-corrected chi connectivity index (χ2v) is 5.04. The van der Waals surface area contributed by atoms with Gasteiger partial charge in [-0.15, -0.1) is 0 Å². The lowest BCUT2D eigenvalue weighted by Gasteiger charge is -2.40. The fourth-order valence-electron chi connectivity index (χ4n) is 2.95. The fraction of sp³-hybridized carbons (Fsp3) is 0.875. The molecule has 102 valence electrons. The smallest absolute Gasteiger partial charge is 0.0608 e. The molecule has 2 rings (SSSR count). The minimum Gasteiger partial charge on any atom is -0.392 e. The lowest BCUT2D eigenvalue weighted by atomic mass is 9.67. The Bertz CT molecular complexity index is 196. The molecule has 2 fully saturated rings. The number of hydrogen-bond donors (Lipinski definition) is 1. The summed E-state index contributed by atoms with van der Waals surface area (Å²) >= 11 is 0. The van der Waals surface area contributed by atoms with Gasteiger partial charge in [0.15, 0.2) is 0 Å². The predicted molar refractivity (Wildman–Crippen MR) is 77.1 cm³/mol. The average molecular weight is 240 g/mol. The van der Waals surface area contributed by atoms with Gasteiger partial charge in [0.05, 0.1) is 6.10 Å². The minimum atomic E-state index is -0.0726. The van der Waals surface area contributed by atoms with E-state index in [-0.39, 0.29) is 6.10 Å². The van der Waals surface area contributed by atoms with Gasteiger partial charge < -0.3 is 5.11 Å². The number of rotatable bonds is 0. The van der Waals surface area contributed by atoms with Crippen LogP contribution >= 0.6 is 0 Å². The van der Waals surface area contributed by atoms with Crippen molar-refractivity contribution < 1.29 is 5.11 Å². The summed E-state index contributed by atoms with van der Waals surface area (Å²) in [6.07, 6.45) is 8.49. The van der Waals surface area contributed by atoms with Gasteiger partial charge in [-0.3, -0.25) is 0 Å². The van der Waals surface area contributed by atoms with E-state index >= 15 is 0 Å². The standard InChI is InChI=1S/C11H18O.C3H8.C2H6/c1-8-4-2-5-9-6-3-7-10(12)11(8)9;1-3-2;1-2/h9-12H,1-7H2;3H2,1-2H3;1-2H3. The van der Waals surface area contributed by atoms with E-state index in [2.05, 4.69) is 20.4 Å². The van der Waals surface area contributed by atoms with Gasteiger partial charge in [0.1, 0.15) is 0 Å². The molecule has 17 heavy (non-hydrogen) atoms. The van der Waals surface area contributed by atoms with E-state index in [4.69, 9.17) is 0 Å². The molecule has 1 N–H and O–H groups in total. The summed E-state index contributed by atoms with van der Waals surface area (Å²) in [6, 6.07) is 0. The van der Waals surface area contributed by atoms with Crippen LogP contribution in [0.25, 0.3) is 0 Å². The Labute approximate surface area is 108 Å². The molecule has 0 saturated heterocycles. The summed E-state index contributed by atoms with van der Waals surface area (Å²) in [4.78, 5) is 0. The van der Waals surface area contributed by atoms with E-state index in [1.165, 1.54) is 37.7 Å². The van der Waals surface area contributed by atoms with Crippen molar-refractivity contribution in [3.05, 3.63) is 12.2 Å². The maximum absolute atomic E-state index is 9.81. The third-order valence-electron chi connectivity index (χ3n) is 3.54. The van der Waals surface area contributed by atoms with Crippen molar-refractivity contribution in [2.45, 2.75) is 78.7 Å². The van der Waals surface area contributed by atoms with Crippen LogP contribution in [0.5, 0.6) is 0 Å². The number of fused-ring (bicyclic) bond motifs is 1. The van der Waals surface area contributed by atoms with Gasteiger partial charge >= 0.3 is 0 Å². The molecule has 2 aliphatic rings. The molecular weight excluding hydrogens is 208 g/mol. The highest BCUT2D eigenvalue weighted by molar-refractivity contribution is 5.09. The van der Waals surface area contributed by atoms with Crippen molar-refractivity contribution in [2.24, 2.45) is 11.8 Å². The zero-order valence-electron chi connectivity index (χ0n) is 12.3. The number of aliphatic hydroxyl groups excluding tert-OH is 1. The van der Waals surface area contributed by atoms with E-state index in [1.807, 2.05) is 13.8 Å². The second-order valence-electron chi connectivity index (χ2n) is 5.04. The summed E-state index contributed by atoms with van der Waals surface area (Å²) in [6.45, 7) is 12.3. The van der Waals surface area contributed by atoms with Crippen LogP contribution in [-0.4, -0.2) is 11.2 Å². The molecule has 0 radical (unpaired) electrons. The van der Waals surface area contributed by atoms with Gasteiger partial charge in [0.25, 0.3) is 0 Å². The number of aliphatic hydroxyl groups is 1. The van der Waals surface area contributed by atoms with Crippen molar-refractivity contribution in [1.82, 2.24) is 0 Å². The van der Waals surface area contributed by atoms with Crippen LogP contribution in [-0.2, 0) is 0 Å². The number of hydrogen-bond acceptors (Lipinski definition) is 1. The van der Waals surface area contributed by atoms with Crippen LogP contribution in [0.2, 0.25) is 0 Å².